The van der Waals surface area contributed by atoms with Crippen LogP contribution in [-0.2, 0) is 0 Å². The zero-order valence-electron chi connectivity index (χ0n) is 10.7. The molecule has 1 atom stereocenters. The van der Waals surface area contributed by atoms with Crippen molar-refractivity contribution in [2.24, 2.45) is 11.8 Å². The largest absolute Gasteiger partial charge is 0.313 e. The number of hydrogen-bond donors (Lipinski definition) is 1. The Hall–Kier alpha value is -0.890. The molecular formula is C15H22FN. The molecule has 94 valence electrons. The molecule has 0 aliphatic heterocycles. The van der Waals surface area contributed by atoms with E-state index in [9.17, 15) is 4.39 Å². The maximum atomic E-state index is 13.8. The molecule has 2 heteroatoms. The molecule has 0 aromatic heterocycles. The van der Waals surface area contributed by atoms with E-state index in [1.54, 1.807) is 12.1 Å². The van der Waals surface area contributed by atoms with Crippen LogP contribution in [0.25, 0.3) is 0 Å². The quantitative estimate of drug-likeness (QED) is 0.837. The van der Waals surface area contributed by atoms with Crippen LogP contribution in [0, 0.1) is 17.7 Å². The van der Waals surface area contributed by atoms with Crippen molar-refractivity contribution in [1.29, 1.82) is 0 Å². The van der Waals surface area contributed by atoms with Gasteiger partial charge in [0.05, 0.1) is 0 Å². The first-order valence-corrected chi connectivity index (χ1v) is 6.64. The van der Waals surface area contributed by atoms with Gasteiger partial charge in [-0.1, -0.05) is 38.0 Å². The van der Waals surface area contributed by atoms with Gasteiger partial charge >= 0.3 is 0 Å². The maximum Gasteiger partial charge on any atom is 0.127 e. The molecule has 2 rings (SSSR count). The van der Waals surface area contributed by atoms with Crippen LogP contribution in [0.15, 0.2) is 24.3 Å². The summed E-state index contributed by atoms with van der Waals surface area (Å²) in [7, 11) is 1.94. The predicted molar refractivity (Wildman–Crippen MR) is 69.3 cm³/mol. The Morgan fingerprint density at radius 1 is 1.18 bits per heavy atom. The maximum absolute atomic E-state index is 13.8. The van der Waals surface area contributed by atoms with Crippen LogP contribution in [0.5, 0.6) is 0 Å². The average Bonchev–Trinajstić information content (AvgIpc) is 2.35. The molecule has 0 saturated heterocycles. The SMILES string of the molecule is CNC(c1ccccc1F)C1CCC(C)CC1. The van der Waals surface area contributed by atoms with E-state index in [1.165, 1.54) is 25.7 Å². The van der Waals surface area contributed by atoms with Gasteiger partial charge in [0.15, 0.2) is 0 Å². The summed E-state index contributed by atoms with van der Waals surface area (Å²) in [5.74, 6) is 1.34. The van der Waals surface area contributed by atoms with Gasteiger partial charge in [0, 0.05) is 11.6 Å². The smallest absolute Gasteiger partial charge is 0.127 e. The van der Waals surface area contributed by atoms with Gasteiger partial charge in [-0.3, -0.25) is 0 Å². The van der Waals surface area contributed by atoms with E-state index in [1.807, 2.05) is 19.2 Å². The van der Waals surface area contributed by atoms with Gasteiger partial charge in [-0.05, 0) is 37.8 Å². The van der Waals surface area contributed by atoms with Crippen molar-refractivity contribution >= 4 is 0 Å². The normalized spacial score (nSPS) is 26.8. The number of benzene rings is 1. The third-order valence-corrected chi connectivity index (χ3v) is 4.08. The molecule has 0 amide bonds. The molecule has 1 N–H and O–H groups in total. The van der Waals surface area contributed by atoms with Gasteiger partial charge in [0.25, 0.3) is 0 Å². The monoisotopic (exact) mass is 235 g/mol. The van der Waals surface area contributed by atoms with Crippen LogP contribution in [0.3, 0.4) is 0 Å². The van der Waals surface area contributed by atoms with E-state index >= 15 is 0 Å². The second-order valence-corrected chi connectivity index (χ2v) is 5.31. The lowest BCUT2D eigenvalue weighted by Gasteiger charge is -2.33. The minimum atomic E-state index is -0.0783. The summed E-state index contributed by atoms with van der Waals surface area (Å²) in [5.41, 5.74) is 0.828. The molecule has 1 aromatic carbocycles. The van der Waals surface area contributed by atoms with Crippen LogP contribution in [0.2, 0.25) is 0 Å². The van der Waals surface area contributed by atoms with Crippen molar-refractivity contribution in [3.63, 3.8) is 0 Å². The Kier molecular flexibility index (Phi) is 4.16. The summed E-state index contributed by atoms with van der Waals surface area (Å²) in [6.07, 6.45) is 4.97. The van der Waals surface area contributed by atoms with Gasteiger partial charge < -0.3 is 5.32 Å². The van der Waals surface area contributed by atoms with Gasteiger partial charge in [0.2, 0.25) is 0 Å². The fourth-order valence-electron chi connectivity index (χ4n) is 2.99. The van der Waals surface area contributed by atoms with E-state index in [0.29, 0.717) is 5.92 Å². The van der Waals surface area contributed by atoms with Crippen molar-refractivity contribution < 1.29 is 4.39 Å². The van der Waals surface area contributed by atoms with E-state index in [0.717, 1.165) is 11.5 Å². The first-order chi connectivity index (χ1) is 8.22. The second-order valence-electron chi connectivity index (χ2n) is 5.31. The van der Waals surface area contributed by atoms with Crippen molar-refractivity contribution in [3.05, 3.63) is 35.6 Å². The molecule has 1 aliphatic carbocycles. The van der Waals surface area contributed by atoms with Crippen LogP contribution < -0.4 is 5.32 Å². The first-order valence-electron chi connectivity index (χ1n) is 6.64. The van der Waals surface area contributed by atoms with Gasteiger partial charge in [-0.15, -0.1) is 0 Å². The third kappa shape index (κ3) is 2.86. The topological polar surface area (TPSA) is 12.0 Å². The molecule has 1 aromatic rings. The van der Waals surface area contributed by atoms with E-state index in [2.05, 4.69) is 12.2 Å². The summed E-state index contributed by atoms with van der Waals surface area (Å²) in [6.45, 7) is 2.31. The summed E-state index contributed by atoms with van der Waals surface area (Å²) < 4.78 is 13.8. The third-order valence-electron chi connectivity index (χ3n) is 4.08. The molecule has 17 heavy (non-hydrogen) atoms. The number of nitrogens with one attached hydrogen (secondary N) is 1. The predicted octanol–water partition coefficient (Wildman–Crippen LogP) is 3.91. The fraction of sp³-hybridized carbons (Fsp3) is 0.600. The highest BCUT2D eigenvalue weighted by molar-refractivity contribution is 5.22. The minimum Gasteiger partial charge on any atom is -0.313 e. The molecular weight excluding hydrogens is 213 g/mol. The van der Waals surface area contributed by atoms with Crippen LogP contribution in [0.4, 0.5) is 4.39 Å². The van der Waals surface area contributed by atoms with Gasteiger partial charge in [-0.25, -0.2) is 4.39 Å². The molecule has 0 radical (unpaired) electrons. The molecule has 1 saturated carbocycles. The minimum absolute atomic E-state index is 0.0783. The zero-order valence-corrected chi connectivity index (χ0v) is 10.7. The number of halogens is 1. The Labute approximate surface area is 103 Å². The Balaban J connectivity index is 2.14. The molecule has 1 unspecified atom stereocenters. The lowest BCUT2D eigenvalue weighted by Crippen LogP contribution is -2.29. The highest BCUT2D eigenvalue weighted by atomic mass is 19.1. The van der Waals surface area contributed by atoms with E-state index in [4.69, 9.17) is 0 Å². The van der Waals surface area contributed by atoms with Crippen molar-refractivity contribution in [3.8, 4) is 0 Å². The highest BCUT2D eigenvalue weighted by Gasteiger charge is 2.27. The van der Waals surface area contributed by atoms with Crippen molar-refractivity contribution in [2.75, 3.05) is 7.05 Å². The Morgan fingerprint density at radius 3 is 2.41 bits per heavy atom. The van der Waals surface area contributed by atoms with Gasteiger partial charge in [0.1, 0.15) is 5.82 Å². The molecule has 0 spiro atoms. The summed E-state index contributed by atoms with van der Waals surface area (Å²) in [4.78, 5) is 0. The van der Waals surface area contributed by atoms with Crippen LogP contribution in [0.1, 0.15) is 44.2 Å². The Bertz CT molecular complexity index is 356. The summed E-state index contributed by atoms with van der Waals surface area (Å²) in [6, 6.07) is 7.33. The summed E-state index contributed by atoms with van der Waals surface area (Å²) in [5, 5.41) is 3.30. The second kappa shape index (κ2) is 5.63. The highest BCUT2D eigenvalue weighted by Crippen LogP contribution is 2.37. The fourth-order valence-corrected chi connectivity index (χ4v) is 2.99. The van der Waals surface area contributed by atoms with Crippen molar-refractivity contribution in [2.45, 2.75) is 38.6 Å². The van der Waals surface area contributed by atoms with Crippen LogP contribution in [-0.4, -0.2) is 7.05 Å². The lowest BCUT2D eigenvalue weighted by molar-refractivity contribution is 0.235. The van der Waals surface area contributed by atoms with Crippen LogP contribution >= 0.6 is 0 Å². The standard InChI is InChI=1S/C15H22FN/c1-11-7-9-12(10-8-11)15(17-2)13-5-3-4-6-14(13)16/h3-6,11-12,15,17H,7-10H2,1-2H3. The lowest BCUT2D eigenvalue weighted by atomic mass is 9.77. The molecule has 1 nitrogen and oxygen atoms in total. The average molecular weight is 235 g/mol. The molecule has 1 fully saturated rings. The molecule has 0 heterocycles. The summed E-state index contributed by atoms with van der Waals surface area (Å²) >= 11 is 0. The first kappa shape index (κ1) is 12.6. The number of hydrogen-bond acceptors (Lipinski definition) is 1. The molecule has 0 bridgehead atoms. The zero-order chi connectivity index (χ0) is 12.3. The van der Waals surface area contributed by atoms with E-state index in [-0.39, 0.29) is 11.9 Å². The van der Waals surface area contributed by atoms with Crippen molar-refractivity contribution in [1.82, 2.24) is 5.32 Å². The number of rotatable bonds is 3. The van der Waals surface area contributed by atoms with Gasteiger partial charge in [-0.2, -0.15) is 0 Å². The van der Waals surface area contributed by atoms with E-state index < -0.39 is 0 Å². The Morgan fingerprint density at radius 2 is 1.82 bits per heavy atom. The molecule has 1 aliphatic rings.